The topological polar surface area (TPSA) is 89.0 Å². The van der Waals surface area contributed by atoms with Gasteiger partial charge in [-0.15, -0.1) is 0 Å². The van der Waals surface area contributed by atoms with Gasteiger partial charge in [0.2, 0.25) is 0 Å². The third-order valence-electron chi connectivity index (χ3n) is 4.26. The van der Waals surface area contributed by atoms with E-state index in [-0.39, 0.29) is 6.09 Å². The molecule has 8 heteroatoms. The molecule has 0 radical (unpaired) electrons. The maximum Gasteiger partial charge on any atom is 0.410 e. The zero-order chi connectivity index (χ0) is 19.2. The first-order chi connectivity index (χ1) is 12.3. The fourth-order valence-electron chi connectivity index (χ4n) is 2.77. The average molecular weight is 364 g/mol. The van der Waals surface area contributed by atoms with E-state index in [0.717, 1.165) is 25.2 Å². The van der Waals surface area contributed by atoms with E-state index in [4.69, 9.17) is 10.5 Å². The van der Waals surface area contributed by atoms with Gasteiger partial charge in [-0.1, -0.05) is 0 Å². The molecule has 2 rings (SSSR count). The number of nitrogens with two attached hydrogens (primary N) is 1. The minimum Gasteiger partial charge on any atom is -0.444 e. The van der Waals surface area contributed by atoms with Gasteiger partial charge in [-0.25, -0.2) is 9.78 Å². The van der Waals surface area contributed by atoms with E-state index >= 15 is 0 Å². The molecule has 2 heterocycles. The highest BCUT2D eigenvalue weighted by Gasteiger charge is 2.26. The molecule has 1 aromatic heterocycles. The molecule has 1 aliphatic rings. The van der Waals surface area contributed by atoms with Gasteiger partial charge in [-0.05, 0) is 40.5 Å². The van der Waals surface area contributed by atoms with E-state index in [1.165, 1.54) is 0 Å². The van der Waals surface area contributed by atoms with Crippen molar-refractivity contribution >= 4 is 12.1 Å². The van der Waals surface area contributed by atoms with Crippen molar-refractivity contribution < 1.29 is 9.53 Å². The second kappa shape index (κ2) is 8.91. The number of carbonyl (C=O) groups excluding carboxylic acids is 1. The number of piperazine rings is 1. The molecule has 0 unspecified atom stereocenters. The summed E-state index contributed by atoms with van der Waals surface area (Å²) < 4.78 is 7.55. The van der Waals surface area contributed by atoms with E-state index in [1.54, 1.807) is 4.90 Å². The lowest BCUT2D eigenvalue weighted by Gasteiger charge is -2.36. The highest BCUT2D eigenvalue weighted by molar-refractivity contribution is 5.78. The molecule has 146 valence electrons. The molecule has 0 aliphatic carbocycles. The van der Waals surface area contributed by atoms with Crippen molar-refractivity contribution in [3.05, 3.63) is 18.2 Å². The van der Waals surface area contributed by atoms with Crippen LogP contribution < -0.4 is 5.73 Å². The van der Waals surface area contributed by atoms with E-state index in [9.17, 15) is 4.79 Å². The number of nitrogens with zero attached hydrogens (tertiary/aromatic N) is 5. The van der Waals surface area contributed by atoms with Crippen LogP contribution in [0.1, 0.15) is 39.4 Å². The highest BCUT2D eigenvalue weighted by atomic mass is 16.6. The summed E-state index contributed by atoms with van der Waals surface area (Å²) in [5.74, 6) is 1.60. The number of aryl methyl sites for hydroxylation is 2. The third-order valence-corrected chi connectivity index (χ3v) is 4.26. The van der Waals surface area contributed by atoms with E-state index in [1.807, 2.05) is 45.0 Å². The minimum atomic E-state index is -0.468. The van der Waals surface area contributed by atoms with Crippen molar-refractivity contribution in [1.29, 1.82) is 0 Å². The van der Waals surface area contributed by atoms with Crippen LogP contribution in [0.25, 0.3) is 0 Å². The number of guanidine groups is 1. The number of aromatic nitrogens is 2. The molecule has 0 aromatic carbocycles. The molecular weight excluding hydrogens is 332 g/mol. The number of amides is 1. The summed E-state index contributed by atoms with van der Waals surface area (Å²) in [4.78, 5) is 24.5. The van der Waals surface area contributed by atoms with Gasteiger partial charge < -0.3 is 24.8 Å². The van der Waals surface area contributed by atoms with Gasteiger partial charge in [0.15, 0.2) is 5.96 Å². The largest absolute Gasteiger partial charge is 0.444 e. The first kappa shape index (κ1) is 20.1. The molecule has 1 amide bonds. The lowest BCUT2D eigenvalue weighted by atomic mass is 10.2. The Hall–Kier alpha value is -2.25. The van der Waals surface area contributed by atoms with E-state index in [2.05, 4.69) is 14.5 Å². The van der Waals surface area contributed by atoms with Gasteiger partial charge in [0.1, 0.15) is 11.4 Å². The summed E-state index contributed by atoms with van der Waals surface area (Å²) in [6.07, 6.45) is 5.58. The molecule has 1 fully saturated rings. The fraction of sp³-hybridized carbons (Fsp3) is 0.722. The zero-order valence-electron chi connectivity index (χ0n) is 16.4. The molecule has 0 saturated carbocycles. The smallest absolute Gasteiger partial charge is 0.410 e. The van der Waals surface area contributed by atoms with Crippen LogP contribution in [0.5, 0.6) is 0 Å². The quantitative estimate of drug-likeness (QED) is 0.489. The normalized spacial score (nSPS) is 16.1. The Morgan fingerprint density at radius 2 is 1.88 bits per heavy atom. The van der Waals surface area contributed by atoms with Crippen molar-refractivity contribution in [3.63, 3.8) is 0 Å². The third kappa shape index (κ3) is 6.24. The summed E-state index contributed by atoms with van der Waals surface area (Å²) in [7, 11) is 0. The Balaban J connectivity index is 1.67. The van der Waals surface area contributed by atoms with Crippen LogP contribution in [0.3, 0.4) is 0 Å². The molecule has 8 nitrogen and oxygen atoms in total. The summed E-state index contributed by atoms with van der Waals surface area (Å²) in [5, 5.41) is 0. The van der Waals surface area contributed by atoms with Gasteiger partial charge in [-0.2, -0.15) is 0 Å². The lowest BCUT2D eigenvalue weighted by Crippen LogP contribution is -2.53. The molecule has 1 aliphatic heterocycles. The number of carbonyl (C=O) groups is 1. The Bertz CT molecular complexity index is 611. The summed E-state index contributed by atoms with van der Waals surface area (Å²) in [6.45, 7) is 11.9. The summed E-state index contributed by atoms with van der Waals surface area (Å²) in [6, 6.07) is 0. The van der Waals surface area contributed by atoms with Crippen molar-refractivity contribution in [3.8, 4) is 0 Å². The molecular formula is C18H32N6O2. The van der Waals surface area contributed by atoms with Crippen molar-refractivity contribution in [1.82, 2.24) is 19.4 Å². The number of rotatable bonds is 5. The highest BCUT2D eigenvalue weighted by Crippen LogP contribution is 2.11. The molecule has 0 atom stereocenters. The molecule has 1 saturated heterocycles. The minimum absolute atomic E-state index is 0.262. The van der Waals surface area contributed by atoms with Crippen LogP contribution >= 0.6 is 0 Å². The van der Waals surface area contributed by atoms with E-state index < -0.39 is 5.60 Å². The predicted molar refractivity (Wildman–Crippen MR) is 102 cm³/mol. The monoisotopic (exact) mass is 364 g/mol. The number of aliphatic imine (C=N–C) groups is 1. The zero-order valence-corrected chi connectivity index (χ0v) is 16.4. The van der Waals surface area contributed by atoms with Crippen molar-refractivity contribution in [2.75, 3.05) is 32.7 Å². The van der Waals surface area contributed by atoms with Gasteiger partial charge >= 0.3 is 6.09 Å². The van der Waals surface area contributed by atoms with E-state index in [0.29, 0.717) is 38.7 Å². The first-order valence-electron chi connectivity index (χ1n) is 9.27. The lowest BCUT2D eigenvalue weighted by molar-refractivity contribution is 0.0186. The van der Waals surface area contributed by atoms with Gasteiger partial charge in [-0.3, -0.25) is 4.99 Å². The van der Waals surface area contributed by atoms with Crippen LogP contribution in [0.2, 0.25) is 0 Å². The molecule has 0 spiro atoms. The number of hydrogen-bond acceptors (Lipinski definition) is 4. The fourth-order valence-corrected chi connectivity index (χ4v) is 2.77. The van der Waals surface area contributed by atoms with Crippen LogP contribution in [-0.2, 0) is 11.3 Å². The Morgan fingerprint density at radius 3 is 2.46 bits per heavy atom. The van der Waals surface area contributed by atoms with Gasteiger partial charge in [0, 0.05) is 51.7 Å². The maximum atomic E-state index is 12.1. The number of imidazole rings is 1. The Morgan fingerprint density at radius 1 is 1.23 bits per heavy atom. The van der Waals surface area contributed by atoms with Gasteiger partial charge in [0.05, 0.1) is 0 Å². The standard InChI is InChI=1S/C18H32N6O2/c1-15-20-8-10-22(15)9-6-5-7-21-16(19)23-11-13-24(14-12-23)17(25)26-18(2,3)4/h8,10H,5-7,9,11-14H2,1-4H3,(H2,19,21). The molecule has 2 N–H and O–H groups in total. The molecule has 0 bridgehead atoms. The van der Waals surface area contributed by atoms with Crippen LogP contribution in [-0.4, -0.2) is 69.7 Å². The molecule has 26 heavy (non-hydrogen) atoms. The van der Waals surface area contributed by atoms with Crippen LogP contribution in [0.15, 0.2) is 17.4 Å². The first-order valence-corrected chi connectivity index (χ1v) is 9.27. The average Bonchev–Trinajstić information content (AvgIpc) is 2.98. The Labute approximate surface area is 156 Å². The number of unbranched alkanes of at least 4 members (excludes halogenated alkanes) is 1. The number of ether oxygens (including phenoxy) is 1. The van der Waals surface area contributed by atoms with Crippen molar-refractivity contribution in [2.45, 2.75) is 52.7 Å². The Kier molecular flexibility index (Phi) is 6.88. The van der Waals surface area contributed by atoms with Gasteiger partial charge in [0.25, 0.3) is 0 Å². The molecule has 1 aromatic rings. The van der Waals surface area contributed by atoms with Crippen LogP contribution in [0, 0.1) is 6.92 Å². The van der Waals surface area contributed by atoms with Crippen LogP contribution in [0.4, 0.5) is 4.79 Å². The second-order valence-corrected chi connectivity index (χ2v) is 7.57. The second-order valence-electron chi connectivity index (χ2n) is 7.57. The summed E-state index contributed by atoms with van der Waals surface area (Å²) >= 11 is 0. The maximum absolute atomic E-state index is 12.1. The van der Waals surface area contributed by atoms with Crippen molar-refractivity contribution in [2.24, 2.45) is 10.7 Å². The number of hydrogen-bond donors (Lipinski definition) is 1. The summed E-state index contributed by atoms with van der Waals surface area (Å²) in [5.41, 5.74) is 5.63. The predicted octanol–water partition coefficient (Wildman–Crippen LogP) is 1.84. The SMILES string of the molecule is Cc1nccn1CCCCN=C(N)N1CCN(C(=O)OC(C)(C)C)CC1.